The van der Waals surface area contributed by atoms with Gasteiger partial charge in [-0.2, -0.15) is 0 Å². The van der Waals surface area contributed by atoms with Crippen molar-refractivity contribution in [1.29, 1.82) is 0 Å². The van der Waals surface area contributed by atoms with Gasteiger partial charge in [-0.3, -0.25) is 10.1 Å². The van der Waals surface area contributed by atoms with Crippen molar-refractivity contribution in [2.24, 2.45) is 0 Å². The van der Waals surface area contributed by atoms with E-state index in [2.05, 4.69) is 15.5 Å². The van der Waals surface area contributed by atoms with Gasteiger partial charge in [0.25, 0.3) is 0 Å². The maximum Gasteiger partial charge on any atom is 0.315 e. The van der Waals surface area contributed by atoms with Crippen molar-refractivity contribution in [3.05, 3.63) is 28.3 Å². The van der Waals surface area contributed by atoms with Crippen molar-refractivity contribution in [3.8, 4) is 0 Å². The molecule has 2 atom stereocenters. The lowest BCUT2D eigenvalue weighted by Gasteiger charge is -2.35. The second-order valence-electron chi connectivity index (χ2n) is 5.91. The van der Waals surface area contributed by atoms with Gasteiger partial charge in [-0.15, -0.1) is 0 Å². The van der Waals surface area contributed by atoms with Crippen molar-refractivity contribution in [1.82, 2.24) is 4.90 Å². The summed E-state index contributed by atoms with van der Waals surface area (Å²) in [6.07, 6.45) is 4.68. The molecule has 2 N–H and O–H groups in total. The summed E-state index contributed by atoms with van der Waals surface area (Å²) in [4.78, 5) is 13.6. The molecular formula is C15H22N4O2. The fourth-order valence-corrected chi connectivity index (χ4v) is 3.63. The number of fused-ring (bicyclic) bond motifs is 1. The first-order valence-electron chi connectivity index (χ1n) is 7.65. The molecule has 2 unspecified atom stereocenters. The monoisotopic (exact) mass is 290 g/mol. The molecule has 2 heterocycles. The van der Waals surface area contributed by atoms with Crippen molar-refractivity contribution in [2.45, 2.75) is 37.8 Å². The Labute approximate surface area is 124 Å². The number of nitro benzene ring substituents is 1. The van der Waals surface area contributed by atoms with Crippen LogP contribution in [-0.2, 0) is 0 Å². The minimum atomic E-state index is -0.307. The molecule has 0 saturated carbocycles. The van der Waals surface area contributed by atoms with Gasteiger partial charge in [0, 0.05) is 25.7 Å². The highest BCUT2D eigenvalue weighted by Crippen LogP contribution is 2.35. The molecule has 0 spiro atoms. The average molecular weight is 290 g/mol. The molecule has 0 radical (unpaired) electrons. The highest BCUT2D eigenvalue weighted by Gasteiger charge is 2.32. The molecule has 114 valence electrons. The van der Waals surface area contributed by atoms with Crippen LogP contribution < -0.4 is 10.6 Å². The first kappa shape index (κ1) is 14.1. The largest absolute Gasteiger partial charge is 0.382 e. The molecule has 21 heavy (non-hydrogen) atoms. The van der Waals surface area contributed by atoms with E-state index in [0.29, 0.717) is 23.5 Å². The van der Waals surface area contributed by atoms with E-state index < -0.39 is 0 Å². The number of nitrogens with zero attached hydrogens (tertiary/aromatic N) is 2. The van der Waals surface area contributed by atoms with Crippen LogP contribution in [0.1, 0.15) is 25.7 Å². The predicted molar refractivity (Wildman–Crippen MR) is 83.9 cm³/mol. The molecule has 0 aliphatic carbocycles. The number of piperidine rings is 1. The number of hydrogen-bond acceptors (Lipinski definition) is 5. The van der Waals surface area contributed by atoms with E-state index in [1.54, 1.807) is 19.2 Å². The molecular weight excluding hydrogens is 268 g/mol. The highest BCUT2D eigenvalue weighted by molar-refractivity contribution is 5.76. The maximum absolute atomic E-state index is 11.3. The normalized spacial score (nSPS) is 25.4. The van der Waals surface area contributed by atoms with Crippen molar-refractivity contribution < 1.29 is 4.92 Å². The maximum atomic E-state index is 11.3. The number of para-hydroxylation sites is 1. The average Bonchev–Trinajstić information content (AvgIpc) is 2.94. The van der Waals surface area contributed by atoms with Gasteiger partial charge < -0.3 is 15.5 Å². The molecule has 2 aliphatic rings. The molecule has 0 aromatic heterocycles. The summed E-state index contributed by atoms with van der Waals surface area (Å²) in [5.41, 5.74) is 1.33. The van der Waals surface area contributed by atoms with Crippen LogP contribution in [0.25, 0.3) is 0 Å². The second-order valence-corrected chi connectivity index (χ2v) is 5.91. The Bertz CT molecular complexity index is 534. The molecule has 0 amide bonds. The van der Waals surface area contributed by atoms with Gasteiger partial charge >= 0.3 is 5.69 Å². The summed E-state index contributed by atoms with van der Waals surface area (Å²) in [6, 6.07) is 6.38. The quantitative estimate of drug-likeness (QED) is 0.659. The standard InChI is InChI=1S/C15H22N4O2/c1-16-13-5-2-6-14(15(13)19(20)21)17-11-7-9-18-8-3-4-12(18)10-11/h2,5-6,11-12,16-17H,3-4,7-10H2,1H3. The summed E-state index contributed by atoms with van der Waals surface area (Å²) in [6.45, 7) is 2.31. The van der Waals surface area contributed by atoms with E-state index in [-0.39, 0.29) is 10.6 Å². The van der Waals surface area contributed by atoms with Crippen LogP contribution in [0.4, 0.5) is 17.1 Å². The van der Waals surface area contributed by atoms with Crippen molar-refractivity contribution >= 4 is 17.1 Å². The summed E-state index contributed by atoms with van der Waals surface area (Å²) < 4.78 is 0. The van der Waals surface area contributed by atoms with Gasteiger partial charge in [-0.1, -0.05) is 6.07 Å². The molecule has 1 aromatic rings. The van der Waals surface area contributed by atoms with E-state index in [9.17, 15) is 10.1 Å². The SMILES string of the molecule is CNc1cccc(NC2CCN3CCCC3C2)c1[N+](=O)[O-]. The molecule has 6 heteroatoms. The Morgan fingerprint density at radius 2 is 2.10 bits per heavy atom. The fourth-order valence-electron chi connectivity index (χ4n) is 3.63. The highest BCUT2D eigenvalue weighted by atomic mass is 16.6. The van der Waals surface area contributed by atoms with Gasteiger partial charge in [-0.05, 0) is 44.4 Å². The molecule has 1 aromatic carbocycles. The number of rotatable bonds is 4. The van der Waals surface area contributed by atoms with Crippen LogP contribution in [0.5, 0.6) is 0 Å². The van der Waals surface area contributed by atoms with Gasteiger partial charge in [0.1, 0.15) is 11.4 Å². The summed E-state index contributed by atoms with van der Waals surface area (Å²) in [7, 11) is 1.71. The number of anilines is 2. The first-order valence-corrected chi connectivity index (χ1v) is 7.65. The zero-order valence-electron chi connectivity index (χ0n) is 12.3. The second kappa shape index (κ2) is 5.89. The topological polar surface area (TPSA) is 70.4 Å². The Kier molecular flexibility index (Phi) is 3.96. The zero-order chi connectivity index (χ0) is 14.8. The minimum Gasteiger partial charge on any atom is -0.382 e. The van der Waals surface area contributed by atoms with E-state index >= 15 is 0 Å². The van der Waals surface area contributed by atoms with Crippen LogP contribution in [0.15, 0.2) is 18.2 Å². The minimum absolute atomic E-state index is 0.147. The van der Waals surface area contributed by atoms with Crippen LogP contribution in [0.2, 0.25) is 0 Å². The van der Waals surface area contributed by atoms with Crippen LogP contribution in [-0.4, -0.2) is 42.0 Å². The Morgan fingerprint density at radius 1 is 1.29 bits per heavy atom. The van der Waals surface area contributed by atoms with Gasteiger partial charge in [0.2, 0.25) is 0 Å². The number of hydrogen-bond donors (Lipinski definition) is 2. The number of benzene rings is 1. The number of nitrogens with one attached hydrogen (secondary N) is 2. The van der Waals surface area contributed by atoms with Gasteiger partial charge in [-0.25, -0.2) is 0 Å². The van der Waals surface area contributed by atoms with E-state index in [0.717, 1.165) is 19.4 Å². The Morgan fingerprint density at radius 3 is 2.86 bits per heavy atom. The zero-order valence-corrected chi connectivity index (χ0v) is 12.3. The number of nitro groups is 1. The molecule has 3 rings (SSSR count). The third-order valence-electron chi connectivity index (χ3n) is 4.67. The summed E-state index contributed by atoms with van der Waals surface area (Å²) in [5, 5.41) is 17.7. The van der Waals surface area contributed by atoms with E-state index in [1.165, 1.54) is 19.4 Å². The van der Waals surface area contributed by atoms with Crippen LogP contribution in [0, 0.1) is 10.1 Å². The van der Waals surface area contributed by atoms with E-state index in [4.69, 9.17) is 0 Å². The summed E-state index contributed by atoms with van der Waals surface area (Å²) >= 11 is 0. The van der Waals surface area contributed by atoms with Crippen LogP contribution >= 0.6 is 0 Å². The Balaban J connectivity index is 1.77. The first-order chi connectivity index (χ1) is 10.2. The lowest BCUT2D eigenvalue weighted by Crippen LogP contribution is -2.42. The lowest BCUT2D eigenvalue weighted by molar-refractivity contribution is -0.383. The third kappa shape index (κ3) is 2.81. The molecule has 6 nitrogen and oxygen atoms in total. The van der Waals surface area contributed by atoms with Gasteiger partial charge in [0.15, 0.2) is 0 Å². The smallest absolute Gasteiger partial charge is 0.315 e. The molecule has 2 fully saturated rings. The molecule has 2 aliphatic heterocycles. The van der Waals surface area contributed by atoms with Crippen LogP contribution in [0.3, 0.4) is 0 Å². The predicted octanol–water partition coefficient (Wildman–Crippen LogP) is 2.68. The van der Waals surface area contributed by atoms with Crippen molar-refractivity contribution in [3.63, 3.8) is 0 Å². The van der Waals surface area contributed by atoms with Gasteiger partial charge in [0.05, 0.1) is 4.92 Å². The van der Waals surface area contributed by atoms with E-state index in [1.807, 2.05) is 6.07 Å². The van der Waals surface area contributed by atoms with Crippen molar-refractivity contribution in [2.75, 3.05) is 30.8 Å². The lowest BCUT2D eigenvalue weighted by atomic mass is 9.97. The molecule has 0 bridgehead atoms. The third-order valence-corrected chi connectivity index (χ3v) is 4.67. The summed E-state index contributed by atoms with van der Waals surface area (Å²) in [5.74, 6) is 0. The molecule has 2 saturated heterocycles. The fraction of sp³-hybridized carbons (Fsp3) is 0.600. The Hall–Kier alpha value is -1.82.